The number of ether oxygens (including phenoxy) is 1. The van der Waals surface area contributed by atoms with Gasteiger partial charge in [-0.15, -0.1) is 0 Å². The van der Waals surface area contributed by atoms with Crippen molar-refractivity contribution in [1.29, 1.82) is 0 Å². The van der Waals surface area contributed by atoms with Crippen molar-refractivity contribution in [2.24, 2.45) is 0 Å². The molecule has 0 saturated carbocycles. The highest BCUT2D eigenvalue weighted by atomic mass is 16.5. The van der Waals surface area contributed by atoms with E-state index in [1.165, 1.54) is 14.0 Å². The number of esters is 1. The summed E-state index contributed by atoms with van der Waals surface area (Å²) >= 11 is 0. The van der Waals surface area contributed by atoms with Crippen LogP contribution in [0.15, 0.2) is 24.3 Å². The van der Waals surface area contributed by atoms with E-state index < -0.39 is 5.97 Å². The van der Waals surface area contributed by atoms with E-state index >= 15 is 0 Å². The summed E-state index contributed by atoms with van der Waals surface area (Å²) in [6.07, 6.45) is 2.08. The molecule has 0 spiro atoms. The molecule has 1 aromatic carbocycles. The Kier molecular flexibility index (Phi) is 7.80. The van der Waals surface area contributed by atoms with Crippen LogP contribution < -0.4 is 5.32 Å². The van der Waals surface area contributed by atoms with Gasteiger partial charge in [-0.05, 0) is 18.6 Å². The first kappa shape index (κ1) is 18.7. The molecule has 0 fully saturated rings. The number of amides is 2. The van der Waals surface area contributed by atoms with Crippen LogP contribution in [0.4, 0.5) is 5.69 Å². The van der Waals surface area contributed by atoms with Crippen molar-refractivity contribution in [1.82, 2.24) is 4.90 Å². The van der Waals surface area contributed by atoms with Gasteiger partial charge in [0.15, 0.2) is 0 Å². The first-order valence-corrected chi connectivity index (χ1v) is 7.72. The molecule has 6 heteroatoms. The highest BCUT2D eigenvalue weighted by Crippen LogP contribution is 2.16. The maximum atomic E-state index is 12.1. The third-order valence-corrected chi connectivity index (χ3v) is 3.44. The lowest BCUT2D eigenvalue weighted by molar-refractivity contribution is -0.129. The molecular formula is C17H24N2O4. The molecule has 1 rings (SSSR count). The number of hydrogen-bond acceptors (Lipinski definition) is 4. The Morgan fingerprint density at radius 1 is 1.17 bits per heavy atom. The number of hydrogen-bond donors (Lipinski definition) is 1. The second-order valence-electron chi connectivity index (χ2n) is 5.19. The van der Waals surface area contributed by atoms with Crippen molar-refractivity contribution in [3.63, 3.8) is 0 Å². The number of nitrogens with zero attached hydrogens (tertiary/aromatic N) is 1. The van der Waals surface area contributed by atoms with E-state index in [0.717, 1.165) is 12.8 Å². The topological polar surface area (TPSA) is 75.7 Å². The summed E-state index contributed by atoms with van der Waals surface area (Å²) in [5.74, 6) is -0.792. The average molecular weight is 320 g/mol. The molecule has 1 aromatic rings. The molecule has 126 valence electrons. The van der Waals surface area contributed by atoms with Crippen LogP contribution in [0.25, 0.3) is 0 Å². The largest absolute Gasteiger partial charge is 0.465 e. The fraction of sp³-hybridized carbons (Fsp3) is 0.471. The predicted molar refractivity (Wildman–Crippen MR) is 88.2 cm³/mol. The van der Waals surface area contributed by atoms with Crippen molar-refractivity contribution in [2.75, 3.05) is 25.5 Å². The Balaban J connectivity index is 2.63. The average Bonchev–Trinajstić information content (AvgIpc) is 2.54. The van der Waals surface area contributed by atoms with Crippen molar-refractivity contribution in [3.05, 3.63) is 29.8 Å². The molecule has 23 heavy (non-hydrogen) atoms. The number of benzene rings is 1. The predicted octanol–water partition coefficient (Wildman–Crippen LogP) is 2.45. The fourth-order valence-electron chi connectivity index (χ4n) is 2.10. The van der Waals surface area contributed by atoms with Crippen molar-refractivity contribution >= 4 is 23.5 Å². The minimum absolute atomic E-state index is 0.0405. The van der Waals surface area contributed by atoms with Crippen molar-refractivity contribution < 1.29 is 19.1 Å². The van der Waals surface area contributed by atoms with Gasteiger partial charge in [-0.25, -0.2) is 4.79 Å². The van der Waals surface area contributed by atoms with E-state index in [4.69, 9.17) is 0 Å². The highest BCUT2D eigenvalue weighted by molar-refractivity contribution is 6.01. The number of anilines is 1. The molecule has 1 N–H and O–H groups in total. The molecule has 0 aliphatic rings. The van der Waals surface area contributed by atoms with E-state index in [0.29, 0.717) is 24.3 Å². The van der Waals surface area contributed by atoms with Gasteiger partial charge >= 0.3 is 5.97 Å². The highest BCUT2D eigenvalue weighted by Gasteiger charge is 2.15. The summed E-state index contributed by atoms with van der Waals surface area (Å²) in [7, 11) is 1.29. The zero-order valence-corrected chi connectivity index (χ0v) is 13.9. The molecule has 0 aromatic heterocycles. The molecule has 6 nitrogen and oxygen atoms in total. The lowest BCUT2D eigenvalue weighted by atomic mass is 10.1. The smallest absolute Gasteiger partial charge is 0.339 e. The number of carbonyl (C=O) groups excluding carboxylic acids is 3. The van der Waals surface area contributed by atoms with Crippen molar-refractivity contribution in [2.45, 2.75) is 33.1 Å². The summed E-state index contributed by atoms with van der Waals surface area (Å²) in [5, 5.41) is 2.70. The Labute approximate surface area is 136 Å². The third-order valence-electron chi connectivity index (χ3n) is 3.44. The maximum absolute atomic E-state index is 12.1. The molecule has 2 amide bonds. The molecule has 0 aliphatic heterocycles. The maximum Gasteiger partial charge on any atom is 0.339 e. The van der Waals surface area contributed by atoms with E-state index in [9.17, 15) is 14.4 Å². The number of nitrogens with one attached hydrogen (secondary N) is 1. The van der Waals surface area contributed by atoms with Crippen LogP contribution in [0.2, 0.25) is 0 Å². The normalized spacial score (nSPS) is 10.0. The number of carbonyl (C=O) groups is 3. The third kappa shape index (κ3) is 6.10. The standard InChI is InChI=1S/C17H24N2O4/c1-4-5-11-19(13(2)20)12-10-16(21)18-15-9-7-6-8-14(15)17(22)23-3/h6-9H,4-5,10-12H2,1-3H3,(H,18,21). The minimum Gasteiger partial charge on any atom is -0.465 e. The molecule has 0 bridgehead atoms. The summed E-state index contributed by atoms with van der Waals surface area (Å²) < 4.78 is 4.69. The lowest BCUT2D eigenvalue weighted by Gasteiger charge is -2.20. The van der Waals surface area contributed by atoms with Gasteiger partial charge in [0.2, 0.25) is 11.8 Å². The Morgan fingerprint density at radius 3 is 2.48 bits per heavy atom. The quantitative estimate of drug-likeness (QED) is 0.747. The van der Waals surface area contributed by atoms with Gasteiger partial charge in [0.1, 0.15) is 0 Å². The van der Waals surface area contributed by atoms with Crippen LogP contribution in [0.1, 0.15) is 43.5 Å². The Hall–Kier alpha value is -2.37. The Bertz CT molecular complexity index is 557. The van der Waals surface area contributed by atoms with Crippen LogP contribution in [-0.4, -0.2) is 42.9 Å². The van der Waals surface area contributed by atoms with Crippen LogP contribution in [0.3, 0.4) is 0 Å². The van der Waals surface area contributed by atoms with Crippen LogP contribution in [0, 0.1) is 0 Å². The number of rotatable bonds is 8. The molecule has 0 unspecified atom stereocenters. The van der Waals surface area contributed by atoms with Crippen molar-refractivity contribution in [3.8, 4) is 0 Å². The van der Waals surface area contributed by atoms with E-state index in [-0.39, 0.29) is 18.2 Å². The van der Waals surface area contributed by atoms with Crippen LogP contribution in [0.5, 0.6) is 0 Å². The van der Waals surface area contributed by atoms with Gasteiger partial charge in [-0.3, -0.25) is 9.59 Å². The lowest BCUT2D eigenvalue weighted by Crippen LogP contribution is -2.33. The van der Waals surface area contributed by atoms with Crippen LogP contribution in [-0.2, 0) is 14.3 Å². The van der Waals surface area contributed by atoms with E-state index in [1.54, 1.807) is 29.2 Å². The van der Waals surface area contributed by atoms with E-state index in [1.807, 2.05) is 0 Å². The summed E-state index contributed by atoms with van der Waals surface area (Å²) in [5.41, 5.74) is 0.713. The zero-order chi connectivity index (χ0) is 17.2. The van der Waals surface area contributed by atoms with E-state index in [2.05, 4.69) is 17.0 Å². The summed E-state index contributed by atoms with van der Waals surface area (Å²) in [6.45, 7) is 4.56. The molecule has 0 atom stereocenters. The van der Waals surface area contributed by atoms with Gasteiger partial charge in [0, 0.05) is 26.4 Å². The molecule has 0 saturated heterocycles. The minimum atomic E-state index is -0.505. The Morgan fingerprint density at radius 2 is 1.87 bits per heavy atom. The van der Waals surface area contributed by atoms with Gasteiger partial charge in [0.05, 0.1) is 18.4 Å². The number of methoxy groups -OCH3 is 1. The molecular weight excluding hydrogens is 296 g/mol. The first-order valence-electron chi connectivity index (χ1n) is 7.72. The van der Waals surface area contributed by atoms with Gasteiger partial charge in [-0.1, -0.05) is 25.5 Å². The summed E-state index contributed by atoms with van der Waals surface area (Å²) in [4.78, 5) is 36.9. The second kappa shape index (κ2) is 9.61. The number of unbranched alkanes of at least 4 members (excludes halogenated alkanes) is 1. The summed E-state index contributed by atoms with van der Waals surface area (Å²) in [6, 6.07) is 6.66. The molecule has 0 aliphatic carbocycles. The molecule has 0 radical (unpaired) electrons. The first-order chi connectivity index (χ1) is 11.0. The zero-order valence-electron chi connectivity index (χ0n) is 13.9. The van der Waals surface area contributed by atoms with Gasteiger partial charge in [-0.2, -0.15) is 0 Å². The van der Waals surface area contributed by atoms with Crippen LogP contribution >= 0.6 is 0 Å². The molecule has 0 heterocycles. The SMILES string of the molecule is CCCCN(CCC(=O)Nc1ccccc1C(=O)OC)C(C)=O. The van der Waals surface area contributed by atoms with Gasteiger partial charge < -0.3 is 15.0 Å². The second-order valence-corrected chi connectivity index (χ2v) is 5.19. The number of para-hydroxylation sites is 1. The monoisotopic (exact) mass is 320 g/mol. The fourth-order valence-corrected chi connectivity index (χ4v) is 2.10. The van der Waals surface area contributed by atoms with Gasteiger partial charge in [0.25, 0.3) is 0 Å².